The second-order valence-electron chi connectivity index (χ2n) is 5.75. The van der Waals surface area contributed by atoms with Gasteiger partial charge in [0.05, 0.1) is 24.1 Å². The Morgan fingerprint density at radius 1 is 1.36 bits per heavy atom. The number of aryl methyl sites for hydroxylation is 1. The number of hydrogen-bond acceptors (Lipinski definition) is 5. The zero-order valence-corrected chi connectivity index (χ0v) is 16.7. The zero-order valence-electron chi connectivity index (χ0n) is 15.9. The van der Waals surface area contributed by atoms with E-state index in [4.69, 9.17) is 21.1 Å². The van der Waals surface area contributed by atoms with Crippen molar-refractivity contribution in [3.8, 4) is 11.3 Å². The van der Waals surface area contributed by atoms with Gasteiger partial charge in [-0.2, -0.15) is 5.10 Å². The Morgan fingerprint density at radius 3 is 2.57 bits per heavy atom. The van der Waals surface area contributed by atoms with Gasteiger partial charge in [0.2, 0.25) is 0 Å². The van der Waals surface area contributed by atoms with E-state index in [-0.39, 0.29) is 12.2 Å². The first-order valence-corrected chi connectivity index (χ1v) is 8.67. The van der Waals surface area contributed by atoms with E-state index in [9.17, 15) is 9.90 Å². The van der Waals surface area contributed by atoms with Crippen molar-refractivity contribution in [2.75, 3.05) is 26.1 Å². The van der Waals surface area contributed by atoms with E-state index in [1.807, 2.05) is 18.2 Å². The Kier molecular flexibility index (Phi) is 7.43. The van der Waals surface area contributed by atoms with E-state index in [0.29, 0.717) is 22.3 Å². The first-order chi connectivity index (χ1) is 13.4. The number of rotatable bonds is 9. The first kappa shape index (κ1) is 21.3. The van der Waals surface area contributed by atoms with Gasteiger partial charge in [0.15, 0.2) is 0 Å². The topological polar surface area (TPSA) is 85.6 Å². The molecule has 0 saturated heterocycles. The maximum atomic E-state index is 11.8. The average Bonchev–Trinajstić information content (AvgIpc) is 3.04. The first-order valence-electron chi connectivity index (χ1n) is 8.30. The molecule has 7 nitrogen and oxygen atoms in total. The molecule has 0 amide bonds. The van der Waals surface area contributed by atoms with Crippen LogP contribution in [0.1, 0.15) is 0 Å². The van der Waals surface area contributed by atoms with Gasteiger partial charge < -0.3 is 19.9 Å². The van der Waals surface area contributed by atoms with Crippen LogP contribution in [0.25, 0.3) is 11.3 Å². The molecule has 0 radical (unpaired) electrons. The van der Waals surface area contributed by atoms with Gasteiger partial charge in [-0.3, -0.25) is 4.68 Å². The lowest BCUT2D eigenvalue weighted by Crippen LogP contribution is -2.11. The molecule has 1 aromatic heterocycles. The van der Waals surface area contributed by atoms with E-state index < -0.39 is 5.97 Å². The quantitative estimate of drug-likeness (QED) is 0.375. The number of halogens is 1. The molecule has 0 fully saturated rings. The Bertz CT molecular complexity index is 914. The summed E-state index contributed by atoms with van der Waals surface area (Å²) in [4.78, 5) is 11.8. The summed E-state index contributed by atoms with van der Waals surface area (Å²) >= 11 is 5.93. The fourth-order valence-corrected chi connectivity index (χ4v) is 2.56. The third-order valence-electron chi connectivity index (χ3n) is 3.86. The second-order valence-corrected chi connectivity index (χ2v) is 6.19. The molecule has 2 rings (SSSR count). The van der Waals surface area contributed by atoms with Crippen molar-refractivity contribution >= 4 is 23.4 Å². The standard InChI is InChI=1S/C20H22ClN3O4/c1-5-17(16(20(25)26)10-15(28-4)12-27-3)22-19-11-18(23-24(19)2)13-6-8-14(21)9-7-13/h5-11,22H,1,12H2,2-4H3,(H,25,26)/b15-10+,17-16-. The van der Waals surface area contributed by atoms with Crippen LogP contribution in [-0.4, -0.2) is 41.7 Å². The molecule has 28 heavy (non-hydrogen) atoms. The number of aromatic nitrogens is 2. The number of hydrogen-bond donors (Lipinski definition) is 2. The molecule has 8 heteroatoms. The van der Waals surface area contributed by atoms with Crippen LogP contribution in [0.5, 0.6) is 0 Å². The molecule has 2 N–H and O–H groups in total. The predicted octanol–water partition coefficient (Wildman–Crippen LogP) is 3.85. The summed E-state index contributed by atoms with van der Waals surface area (Å²) in [6.45, 7) is 3.86. The molecule has 0 aliphatic heterocycles. The van der Waals surface area contributed by atoms with Crippen molar-refractivity contribution in [1.29, 1.82) is 0 Å². The number of anilines is 1. The second kappa shape index (κ2) is 9.77. The number of methoxy groups -OCH3 is 2. The number of ether oxygens (including phenoxy) is 2. The van der Waals surface area contributed by atoms with E-state index in [1.165, 1.54) is 26.4 Å². The summed E-state index contributed by atoms with van der Waals surface area (Å²) in [5.41, 5.74) is 1.88. The number of aliphatic carboxylic acids is 1. The minimum Gasteiger partial charge on any atom is -0.499 e. The van der Waals surface area contributed by atoms with Crippen molar-refractivity contribution in [3.05, 3.63) is 71.1 Å². The van der Waals surface area contributed by atoms with Crippen LogP contribution < -0.4 is 5.32 Å². The van der Waals surface area contributed by atoms with E-state index >= 15 is 0 Å². The van der Waals surface area contributed by atoms with E-state index in [1.54, 1.807) is 23.9 Å². The molecule has 0 atom stereocenters. The lowest BCUT2D eigenvalue weighted by atomic mass is 10.1. The number of carboxylic acids is 1. The van der Waals surface area contributed by atoms with Crippen molar-refractivity contribution in [2.24, 2.45) is 7.05 Å². The molecular weight excluding hydrogens is 382 g/mol. The highest BCUT2D eigenvalue weighted by Gasteiger charge is 2.15. The maximum absolute atomic E-state index is 11.8. The molecule has 1 heterocycles. The van der Waals surface area contributed by atoms with Gasteiger partial charge >= 0.3 is 5.97 Å². The Balaban J connectivity index is 2.41. The normalized spacial score (nSPS) is 12.4. The largest absolute Gasteiger partial charge is 0.499 e. The van der Waals surface area contributed by atoms with Gasteiger partial charge in [-0.25, -0.2) is 4.79 Å². The summed E-state index contributed by atoms with van der Waals surface area (Å²) in [6.07, 6.45) is 2.82. The van der Waals surface area contributed by atoms with Crippen molar-refractivity contribution in [3.63, 3.8) is 0 Å². The summed E-state index contributed by atoms with van der Waals surface area (Å²) in [7, 11) is 4.70. The predicted molar refractivity (Wildman–Crippen MR) is 109 cm³/mol. The molecule has 1 aromatic carbocycles. The highest BCUT2D eigenvalue weighted by Crippen LogP contribution is 2.24. The molecule has 0 aliphatic rings. The zero-order chi connectivity index (χ0) is 20.7. The van der Waals surface area contributed by atoms with Crippen LogP contribution in [0.3, 0.4) is 0 Å². The monoisotopic (exact) mass is 403 g/mol. The van der Waals surface area contributed by atoms with Gasteiger partial charge in [-0.1, -0.05) is 30.3 Å². The molecule has 148 valence electrons. The SMILES string of the molecule is C=C/C(Nc1cc(-c2ccc(Cl)cc2)nn1C)=C(\C=C(/COC)OC)C(=O)O. The molecule has 0 unspecified atom stereocenters. The molecule has 0 aliphatic carbocycles. The van der Waals surface area contributed by atoms with Crippen LogP contribution in [0, 0.1) is 0 Å². The number of nitrogens with one attached hydrogen (secondary N) is 1. The summed E-state index contributed by atoms with van der Waals surface area (Å²) in [5.74, 6) is -0.168. The summed E-state index contributed by atoms with van der Waals surface area (Å²) in [5, 5.41) is 17.8. The van der Waals surface area contributed by atoms with Gasteiger partial charge in [-0.05, 0) is 24.3 Å². The fraction of sp³-hybridized carbons (Fsp3) is 0.200. The van der Waals surface area contributed by atoms with Crippen LogP contribution in [0.4, 0.5) is 5.82 Å². The minimum absolute atomic E-state index is 0.0156. The Labute approximate surface area is 168 Å². The number of benzene rings is 1. The molecule has 0 saturated carbocycles. The smallest absolute Gasteiger partial charge is 0.337 e. The van der Waals surface area contributed by atoms with E-state index in [2.05, 4.69) is 17.0 Å². The maximum Gasteiger partial charge on any atom is 0.337 e. The highest BCUT2D eigenvalue weighted by molar-refractivity contribution is 6.30. The van der Waals surface area contributed by atoms with Crippen molar-refractivity contribution in [2.45, 2.75) is 0 Å². The van der Waals surface area contributed by atoms with E-state index in [0.717, 1.165) is 11.3 Å². The number of nitrogens with zero attached hydrogens (tertiary/aromatic N) is 2. The third-order valence-corrected chi connectivity index (χ3v) is 4.11. The summed E-state index contributed by atoms with van der Waals surface area (Å²) < 4.78 is 11.8. The Morgan fingerprint density at radius 2 is 2.04 bits per heavy atom. The van der Waals surface area contributed by atoms with Gasteiger partial charge in [-0.15, -0.1) is 0 Å². The third kappa shape index (κ3) is 5.25. The van der Waals surface area contributed by atoms with Crippen LogP contribution in [0.15, 0.2) is 66.1 Å². The number of carboxylic acid groups (broad SMARTS) is 1. The molecule has 0 spiro atoms. The van der Waals surface area contributed by atoms with Gasteiger partial charge in [0, 0.05) is 30.8 Å². The van der Waals surface area contributed by atoms with Crippen molar-refractivity contribution in [1.82, 2.24) is 9.78 Å². The molecular formula is C20H22ClN3O4. The van der Waals surface area contributed by atoms with Gasteiger partial charge in [0.1, 0.15) is 18.2 Å². The summed E-state index contributed by atoms with van der Waals surface area (Å²) in [6, 6.07) is 9.09. The lowest BCUT2D eigenvalue weighted by Gasteiger charge is -2.11. The van der Waals surface area contributed by atoms with Crippen LogP contribution in [-0.2, 0) is 21.3 Å². The van der Waals surface area contributed by atoms with Crippen molar-refractivity contribution < 1.29 is 19.4 Å². The van der Waals surface area contributed by atoms with Crippen LogP contribution >= 0.6 is 11.6 Å². The average molecular weight is 404 g/mol. The fourth-order valence-electron chi connectivity index (χ4n) is 2.43. The number of allylic oxidation sites excluding steroid dienone is 1. The molecule has 0 bridgehead atoms. The molecule has 2 aromatic rings. The highest BCUT2D eigenvalue weighted by atomic mass is 35.5. The lowest BCUT2D eigenvalue weighted by molar-refractivity contribution is -0.132. The van der Waals surface area contributed by atoms with Crippen LogP contribution in [0.2, 0.25) is 5.02 Å². The van der Waals surface area contributed by atoms with Gasteiger partial charge in [0.25, 0.3) is 0 Å². The Hall–Kier alpha value is -3.03. The number of carbonyl (C=O) groups is 1. The minimum atomic E-state index is -1.13.